The number of carbonyl (C=O) groups excluding carboxylic acids is 2. The van der Waals surface area contributed by atoms with E-state index in [-0.39, 0.29) is 21.0 Å². The number of anilines is 2. The summed E-state index contributed by atoms with van der Waals surface area (Å²) < 4.78 is 0. The fourth-order valence-corrected chi connectivity index (χ4v) is 4.88. The van der Waals surface area contributed by atoms with Crippen LogP contribution in [0.4, 0.5) is 11.5 Å². The molecule has 7 nitrogen and oxygen atoms in total. The number of benzene rings is 2. The molecular formula is C22H14Cl5N3O4S. The number of carboxylic acid groups (broad SMARTS) is 1. The predicted octanol–water partition coefficient (Wildman–Crippen LogP) is 7.42. The van der Waals surface area contributed by atoms with Crippen LogP contribution in [0.5, 0.6) is 0 Å². The van der Waals surface area contributed by atoms with Gasteiger partial charge in [-0.3, -0.25) is 9.59 Å². The Hall–Kier alpha value is -2.20. The van der Waals surface area contributed by atoms with Crippen LogP contribution in [0.3, 0.4) is 0 Å². The quantitative estimate of drug-likeness (QED) is 0.150. The molecule has 0 fully saturated rings. The summed E-state index contributed by atoms with van der Waals surface area (Å²) in [4.78, 5) is 41.8. The minimum absolute atomic E-state index is 0.243. The Labute approximate surface area is 229 Å². The lowest BCUT2D eigenvalue weighted by Crippen LogP contribution is -2.22. The molecule has 1 heterocycles. The van der Waals surface area contributed by atoms with Crippen LogP contribution in [0.25, 0.3) is 0 Å². The van der Waals surface area contributed by atoms with Gasteiger partial charge in [-0.15, -0.1) is 11.8 Å². The molecule has 0 saturated carbocycles. The highest BCUT2D eigenvalue weighted by Crippen LogP contribution is 2.42. The van der Waals surface area contributed by atoms with Gasteiger partial charge in [-0.2, -0.15) is 0 Å². The SMILES string of the molecule is CC(Sc1cccc(NC(=O)c2c(Cl)c(Cl)c(Cl)c(Cl)c2C(=O)O)c1)C(=O)Nc1ccc(Cl)cn1. The minimum Gasteiger partial charge on any atom is -0.478 e. The van der Waals surface area contributed by atoms with Crippen molar-refractivity contribution in [3.63, 3.8) is 0 Å². The number of pyridine rings is 1. The van der Waals surface area contributed by atoms with Crippen molar-refractivity contribution in [1.29, 1.82) is 0 Å². The van der Waals surface area contributed by atoms with Crippen molar-refractivity contribution in [2.45, 2.75) is 17.1 Å². The zero-order valence-electron chi connectivity index (χ0n) is 17.5. The summed E-state index contributed by atoms with van der Waals surface area (Å²) in [7, 11) is 0. The first-order valence-corrected chi connectivity index (χ1v) is 12.4. The average Bonchev–Trinajstić information content (AvgIpc) is 2.81. The van der Waals surface area contributed by atoms with E-state index >= 15 is 0 Å². The molecular weight excluding hydrogens is 580 g/mol. The molecule has 3 N–H and O–H groups in total. The van der Waals surface area contributed by atoms with Crippen LogP contribution in [0.15, 0.2) is 47.5 Å². The summed E-state index contributed by atoms with van der Waals surface area (Å²) >= 11 is 31.1. The van der Waals surface area contributed by atoms with Crippen molar-refractivity contribution in [1.82, 2.24) is 4.98 Å². The molecule has 13 heteroatoms. The Bertz CT molecular complexity index is 1320. The van der Waals surface area contributed by atoms with Crippen LogP contribution >= 0.6 is 69.8 Å². The summed E-state index contributed by atoms with van der Waals surface area (Å²) in [6.07, 6.45) is 1.42. The van der Waals surface area contributed by atoms with Gasteiger partial charge >= 0.3 is 5.97 Å². The van der Waals surface area contributed by atoms with Crippen LogP contribution in [-0.2, 0) is 4.79 Å². The lowest BCUT2D eigenvalue weighted by Gasteiger charge is -2.15. The van der Waals surface area contributed by atoms with Crippen LogP contribution in [0, 0.1) is 0 Å². The molecule has 3 rings (SSSR count). The Kier molecular flexibility index (Phi) is 9.15. The number of thioether (sulfide) groups is 1. The highest BCUT2D eigenvalue weighted by molar-refractivity contribution is 8.00. The highest BCUT2D eigenvalue weighted by atomic mass is 35.5. The van der Waals surface area contributed by atoms with Crippen molar-refractivity contribution in [2.75, 3.05) is 10.6 Å². The maximum atomic E-state index is 12.9. The van der Waals surface area contributed by atoms with Crippen LogP contribution in [-0.4, -0.2) is 33.1 Å². The fraction of sp³-hybridized carbons (Fsp3) is 0.0909. The number of amides is 2. The molecule has 0 spiro atoms. The number of aromatic nitrogens is 1. The van der Waals surface area contributed by atoms with Gasteiger partial charge < -0.3 is 15.7 Å². The van der Waals surface area contributed by atoms with Gasteiger partial charge in [0.15, 0.2) is 0 Å². The third-order valence-electron chi connectivity index (χ3n) is 4.46. The first-order valence-electron chi connectivity index (χ1n) is 9.59. The van der Waals surface area contributed by atoms with E-state index in [2.05, 4.69) is 15.6 Å². The van der Waals surface area contributed by atoms with Gasteiger partial charge in [-0.25, -0.2) is 9.78 Å². The van der Waals surface area contributed by atoms with Crippen molar-refractivity contribution in [2.24, 2.45) is 0 Å². The number of hydrogen-bond donors (Lipinski definition) is 3. The Morgan fingerprint density at radius 2 is 1.57 bits per heavy atom. The maximum absolute atomic E-state index is 12.9. The third kappa shape index (κ3) is 6.52. The molecule has 1 atom stereocenters. The van der Waals surface area contributed by atoms with Gasteiger partial charge in [0.1, 0.15) is 5.82 Å². The van der Waals surface area contributed by atoms with E-state index in [4.69, 9.17) is 58.0 Å². The second-order valence-corrected chi connectivity index (χ2v) is 10.3. The standard InChI is InChI=1S/C22H14Cl5N3O4S/c1-9(20(31)30-13-6-5-10(23)8-28-13)35-12-4-2-3-11(7-12)29-21(32)14-15(22(33)34)17(25)19(27)18(26)16(14)24/h2-9H,1H3,(H,29,32)(H,33,34)(H,28,30,31). The number of carbonyl (C=O) groups is 3. The first-order chi connectivity index (χ1) is 16.5. The van der Waals surface area contributed by atoms with Gasteiger partial charge in [-0.1, -0.05) is 64.1 Å². The topological polar surface area (TPSA) is 108 Å². The fourth-order valence-electron chi connectivity index (χ4n) is 2.82. The van der Waals surface area contributed by atoms with Gasteiger partial charge in [0.05, 0.1) is 41.5 Å². The predicted molar refractivity (Wildman–Crippen MR) is 141 cm³/mol. The number of nitrogens with zero attached hydrogens (tertiary/aromatic N) is 1. The smallest absolute Gasteiger partial charge is 0.338 e. The van der Waals surface area contributed by atoms with Gasteiger partial charge in [0, 0.05) is 16.8 Å². The zero-order valence-corrected chi connectivity index (χ0v) is 22.1. The number of carboxylic acids is 1. The molecule has 0 bridgehead atoms. The Morgan fingerprint density at radius 3 is 2.17 bits per heavy atom. The molecule has 1 aromatic heterocycles. The molecule has 182 valence electrons. The summed E-state index contributed by atoms with van der Waals surface area (Å²) in [5.41, 5.74) is -0.684. The molecule has 1 unspecified atom stereocenters. The number of aromatic carboxylic acids is 1. The van der Waals surface area contributed by atoms with Gasteiger partial charge in [0.2, 0.25) is 5.91 Å². The second-order valence-electron chi connectivity index (χ2n) is 6.90. The molecule has 0 radical (unpaired) electrons. The van der Waals surface area contributed by atoms with Gasteiger partial charge in [-0.05, 0) is 37.3 Å². The van der Waals surface area contributed by atoms with E-state index in [1.54, 1.807) is 43.3 Å². The van der Waals surface area contributed by atoms with Crippen molar-refractivity contribution in [3.05, 3.63) is 78.8 Å². The normalized spacial score (nSPS) is 11.6. The molecule has 0 saturated heterocycles. The summed E-state index contributed by atoms with van der Waals surface area (Å²) in [5.74, 6) is -2.28. The first kappa shape index (κ1) is 27.4. The Morgan fingerprint density at radius 1 is 0.914 bits per heavy atom. The average molecular weight is 594 g/mol. The molecule has 0 aliphatic carbocycles. The van der Waals surface area contributed by atoms with E-state index < -0.39 is 33.3 Å². The molecule has 0 aliphatic heterocycles. The minimum atomic E-state index is -1.50. The highest BCUT2D eigenvalue weighted by Gasteiger charge is 2.29. The molecule has 3 aromatic rings. The van der Waals surface area contributed by atoms with Crippen LogP contribution < -0.4 is 10.6 Å². The number of nitrogens with one attached hydrogen (secondary N) is 2. The molecule has 2 amide bonds. The summed E-state index contributed by atoms with van der Waals surface area (Å²) in [6, 6.07) is 9.79. The zero-order chi connectivity index (χ0) is 25.9. The molecule has 35 heavy (non-hydrogen) atoms. The monoisotopic (exact) mass is 591 g/mol. The molecule has 0 aliphatic rings. The van der Waals surface area contributed by atoms with Crippen molar-refractivity contribution in [3.8, 4) is 0 Å². The summed E-state index contributed by atoms with van der Waals surface area (Å²) in [6.45, 7) is 1.71. The van der Waals surface area contributed by atoms with E-state index in [0.717, 1.165) is 0 Å². The number of halogens is 5. The van der Waals surface area contributed by atoms with E-state index in [1.165, 1.54) is 18.0 Å². The third-order valence-corrected chi connectivity index (χ3v) is 7.58. The van der Waals surface area contributed by atoms with E-state index in [9.17, 15) is 19.5 Å². The van der Waals surface area contributed by atoms with Crippen LogP contribution in [0.1, 0.15) is 27.6 Å². The summed E-state index contributed by atoms with van der Waals surface area (Å²) in [5, 5.41) is 13.5. The van der Waals surface area contributed by atoms with Crippen LogP contribution in [0.2, 0.25) is 25.1 Å². The Balaban J connectivity index is 1.78. The van der Waals surface area contributed by atoms with Gasteiger partial charge in [0.25, 0.3) is 5.91 Å². The van der Waals surface area contributed by atoms with Crippen molar-refractivity contribution >= 4 is 99.1 Å². The number of rotatable bonds is 7. The van der Waals surface area contributed by atoms with E-state index in [0.29, 0.717) is 21.4 Å². The lowest BCUT2D eigenvalue weighted by molar-refractivity contribution is -0.115. The largest absolute Gasteiger partial charge is 0.478 e. The van der Waals surface area contributed by atoms with E-state index in [1.807, 2.05) is 0 Å². The second kappa shape index (κ2) is 11.7. The maximum Gasteiger partial charge on any atom is 0.338 e. The molecule has 2 aromatic carbocycles. The lowest BCUT2D eigenvalue weighted by atomic mass is 10.1. The number of hydrogen-bond acceptors (Lipinski definition) is 5. The van der Waals surface area contributed by atoms with Crippen molar-refractivity contribution < 1.29 is 19.5 Å².